The number of aliphatic hydroxyl groups is 1. The van der Waals surface area contributed by atoms with Crippen molar-refractivity contribution in [2.75, 3.05) is 0 Å². The summed E-state index contributed by atoms with van der Waals surface area (Å²) in [6.07, 6.45) is 4.19. The van der Waals surface area contributed by atoms with Crippen LogP contribution in [0.5, 0.6) is 0 Å². The Hall–Kier alpha value is -0.680. The smallest absolute Gasteiger partial charge is 0.139 e. The van der Waals surface area contributed by atoms with Crippen molar-refractivity contribution in [3.8, 4) is 12.3 Å². The lowest BCUT2D eigenvalue weighted by Crippen LogP contribution is -1.93. The van der Waals surface area contributed by atoms with Crippen LogP contribution in [-0.4, -0.2) is 5.11 Å². The first-order chi connectivity index (χ1) is 6.15. The number of benzene rings is 1. The van der Waals surface area contributed by atoms with E-state index < -0.39 is 10.9 Å². The highest BCUT2D eigenvalue weighted by molar-refractivity contribution is 6.44. The largest absolute Gasteiger partial charge is 0.376 e. The average Bonchev–Trinajstić information content (AvgIpc) is 2.17. The molecule has 1 unspecified atom stereocenters. The molecule has 0 aliphatic carbocycles. The van der Waals surface area contributed by atoms with Crippen molar-refractivity contribution in [2.24, 2.45) is 0 Å². The van der Waals surface area contributed by atoms with Gasteiger partial charge >= 0.3 is 0 Å². The fourth-order valence-corrected chi connectivity index (χ4v) is 1.21. The van der Waals surface area contributed by atoms with E-state index in [1.54, 1.807) is 24.3 Å². The molecule has 68 valence electrons. The first kappa shape index (κ1) is 10.4. The Morgan fingerprint density at radius 3 is 2.00 bits per heavy atom. The summed E-state index contributed by atoms with van der Waals surface area (Å²) in [4.78, 5) is -0.544. The van der Waals surface area contributed by atoms with Crippen LogP contribution in [0.1, 0.15) is 22.1 Å². The molecule has 1 aromatic rings. The Morgan fingerprint density at radius 1 is 1.15 bits per heavy atom. The molecule has 0 spiro atoms. The van der Waals surface area contributed by atoms with E-state index >= 15 is 0 Å². The Morgan fingerprint density at radius 2 is 1.62 bits per heavy atom. The topological polar surface area (TPSA) is 20.2 Å². The van der Waals surface area contributed by atoms with Gasteiger partial charge in [0.15, 0.2) is 0 Å². The van der Waals surface area contributed by atoms with Gasteiger partial charge in [0, 0.05) is 0 Å². The van der Waals surface area contributed by atoms with Gasteiger partial charge in [0.2, 0.25) is 0 Å². The minimum Gasteiger partial charge on any atom is -0.376 e. The predicted molar refractivity (Wildman–Crippen MR) is 54.7 cm³/mol. The van der Waals surface area contributed by atoms with Crippen LogP contribution in [-0.2, 0) is 0 Å². The predicted octanol–water partition coefficient (Wildman–Crippen LogP) is 2.83. The van der Waals surface area contributed by atoms with Gasteiger partial charge in [-0.15, -0.1) is 29.6 Å². The summed E-state index contributed by atoms with van der Waals surface area (Å²) in [5.41, 5.74) is 1.46. The lowest BCUT2D eigenvalue weighted by molar-refractivity contribution is 0.238. The zero-order chi connectivity index (χ0) is 9.84. The summed E-state index contributed by atoms with van der Waals surface area (Å²) in [6, 6.07) is 6.89. The number of rotatable bonds is 2. The molecule has 0 amide bonds. The number of alkyl halides is 2. The van der Waals surface area contributed by atoms with Gasteiger partial charge in [0.05, 0.1) is 0 Å². The highest BCUT2D eigenvalue weighted by Crippen LogP contribution is 2.25. The monoisotopic (exact) mass is 214 g/mol. The highest BCUT2D eigenvalue weighted by Gasteiger charge is 2.05. The second kappa shape index (κ2) is 4.53. The molecule has 1 rings (SSSR count). The fraction of sp³-hybridized carbons (Fsp3) is 0.200. The van der Waals surface area contributed by atoms with E-state index in [1.807, 2.05) is 0 Å². The molecule has 1 aromatic carbocycles. The van der Waals surface area contributed by atoms with Crippen LogP contribution in [0.2, 0.25) is 0 Å². The lowest BCUT2D eigenvalue weighted by atomic mass is 10.1. The maximum absolute atomic E-state index is 9.26. The lowest BCUT2D eigenvalue weighted by Gasteiger charge is -2.05. The number of hydrogen-bond donors (Lipinski definition) is 1. The average molecular weight is 215 g/mol. The molecule has 13 heavy (non-hydrogen) atoms. The van der Waals surface area contributed by atoms with Crippen LogP contribution in [0.3, 0.4) is 0 Å². The summed E-state index contributed by atoms with van der Waals surface area (Å²) >= 11 is 11.3. The first-order valence-corrected chi connectivity index (χ1v) is 4.54. The first-order valence-electron chi connectivity index (χ1n) is 3.67. The van der Waals surface area contributed by atoms with E-state index in [0.29, 0.717) is 5.56 Å². The van der Waals surface area contributed by atoms with Crippen molar-refractivity contribution in [1.82, 2.24) is 0 Å². The van der Waals surface area contributed by atoms with Crippen LogP contribution in [0, 0.1) is 12.3 Å². The van der Waals surface area contributed by atoms with Crippen molar-refractivity contribution in [2.45, 2.75) is 10.9 Å². The summed E-state index contributed by atoms with van der Waals surface area (Å²) in [6.45, 7) is 0. The van der Waals surface area contributed by atoms with E-state index in [2.05, 4.69) is 5.92 Å². The van der Waals surface area contributed by atoms with Gasteiger partial charge in [-0.2, -0.15) is 0 Å². The van der Waals surface area contributed by atoms with E-state index in [1.165, 1.54) is 0 Å². The van der Waals surface area contributed by atoms with E-state index in [9.17, 15) is 5.11 Å². The third-order valence-electron chi connectivity index (χ3n) is 1.66. The molecular formula is C10H8Cl2O. The maximum atomic E-state index is 9.26. The van der Waals surface area contributed by atoms with Gasteiger partial charge in [0.25, 0.3) is 0 Å². The van der Waals surface area contributed by atoms with Crippen LogP contribution < -0.4 is 0 Å². The van der Waals surface area contributed by atoms with Crippen molar-refractivity contribution in [3.63, 3.8) is 0 Å². The molecule has 0 aliphatic rings. The summed E-state index contributed by atoms with van der Waals surface area (Å²) in [7, 11) is 0. The SMILES string of the molecule is C#CC(O)c1ccc(C(Cl)Cl)cc1. The van der Waals surface area contributed by atoms with Crippen LogP contribution in [0.4, 0.5) is 0 Å². The second-order valence-electron chi connectivity index (χ2n) is 2.54. The number of halogens is 2. The minimum absolute atomic E-state index is 0.544. The summed E-state index contributed by atoms with van der Waals surface area (Å²) < 4.78 is 0. The molecule has 0 heterocycles. The molecule has 0 aromatic heterocycles. The third-order valence-corrected chi connectivity index (χ3v) is 2.17. The van der Waals surface area contributed by atoms with Crippen molar-refractivity contribution >= 4 is 23.2 Å². The molecule has 0 saturated carbocycles. The minimum atomic E-state index is -0.863. The summed E-state index contributed by atoms with van der Waals surface area (Å²) in [5.74, 6) is 2.22. The molecule has 0 aliphatic heterocycles. The van der Waals surface area contributed by atoms with Crippen molar-refractivity contribution in [3.05, 3.63) is 35.4 Å². The van der Waals surface area contributed by atoms with Gasteiger partial charge in [-0.1, -0.05) is 30.2 Å². The molecule has 0 bridgehead atoms. The number of aliphatic hydroxyl groups excluding tert-OH is 1. The van der Waals surface area contributed by atoms with Gasteiger partial charge in [-0.05, 0) is 11.1 Å². The Bertz CT molecular complexity index is 311. The van der Waals surface area contributed by atoms with Crippen molar-refractivity contribution < 1.29 is 5.11 Å². The van der Waals surface area contributed by atoms with Crippen LogP contribution in [0.25, 0.3) is 0 Å². The van der Waals surface area contributed by atoms with E-state index in [0.717, 1.165) is 5.56 Å². The van der Waals surface area contributed by atoms with E-state index in [4.69, 9.17) is 29.6 Å². The molecule has 1 atom stereocenters. The molecular weight excluding hydrogens is 207 g/mol. The second-order valence-corrected chi connectivity index (χ2v) is 3.63. The molecule has 0 fully saturated rings. The molecule has 0 saturated heterocycles. The highest BCUT2D eigenvalue weighted by atomic mass is 35.5. The maximum Gasteiger partial charge on any atom is 0.139 e. The van der Waals surface area contributed by atoms with Crippen LogP contribution in [0.15, 0.2) is 24.3 Å². The zero-order valence-corrected chi connectivity index (χ0v) is 8.26. The zero-order valence-electron chi connectivity index (χ0n) is 6.74. The quantitative estimate of drug-likeness (QED) is 0.594. The molecule has 0 radical (unpaired) electrons. The molecule has 1 nitrogen and oxygen atoms in total. The Balaban J connectivity index is 2.89. The Labute approximate surface area is 87.3 Å². The standard InChI is InChI=1S/C10H8Cl2O/c1-2-9(13)7-3-5-8(6-4-7)10(11)12/h1,3-6,9-10,13H. The number of terminal acetylenes is 1. The molecule has 1 N–H and O–H groups in total. The van der Waals surface area contributed by atoms with E-state index in [-0.39, 0.29) is 0 Å². The van der Waals surface area contributed by atoms with Gasteiger partial charge in [-0.25, -0.2) is 0 Å². The number of hydrogen-bond acceptors (Lipinski definition) is 1. The van der Waals surface area contributed by atoms with Crippen molar-refractivity contribution in [1.29, 1.82) is 0 Å². The fourth-order valence-electron chi connectivity index (χ4n) is 0.920. The van der Waals surface area contributed by atoms with Gasteiger partial charge < -0.3 is 5.11 Å². The third kappa shape index (κ3) is 2.63. The van der Waals surface area contributed by atoms with Crippen LogP contribution >= 0.6 is 23.2 Å². The normalized spacial score (nSPS) is 12.5. The Kier molecular flexibility index (Phi) is 3.62. The van der Waals surface area contributed by atoms with Gasteiger partial charge in [-0.3, -0.25) is 0 Å². The molecule has 3 heteroatoms. The van der Waals surface area contributed by atoms with Gasteiger partial charge in [0.1, 0.15) is 10.9 Å². The summed E-state index contributed by atoms with van der Waals surface area (Å²) in [5, 5.41) is 9.26.